The molecule has 1 heterocycles. The van der Waals surface area contributed by atoms with Crippen LogP contribution >= 0.6 is 23.1 Å². The highest BCUT2D eigenvalue weighted by Gasteiger charge is 2.20. The van der Waals surface area contributed by atoms with Gasteiger partial charge < -0.3 is 20.5 Å². The van der Waals surface area contributed by atoms with Gasteiger partial charge in [-0.25, -0.2) is 4.79 Å². The predicted octanol–water partition coefficient (Wildman–Crippen LogP) is 1.90. The quantitative estimate of drug-likeness (QED) is 0.469. The van der Waals surface area contributed by atoms with Gasteiger partial charge in [-0.1, -0.05) is 0 Å². The maximum Gasteiger partial charge on any atom is 0.350 e. The number of ether oxygens (including phenoxy) is 2. The summed E-state index contributed by atoms with van der Waals surface area (Å²) in [6.07, 6.45) is 1.92. The number of thiophene rings is 1. The van der Waals surface area contributed by atoms with Crippen LogP contribution in [0.2, 0.25) is 0 Å². The fraction of sp³-hybridized carbons (Fsp3) is 0.500. The van der Waals surface area contributed by atoms with Crippen LogP contribution in [-0.2, 0) is 9.47 Å². The third-order valence-corrected chi connectivity index (χ3v) is 4.17. The normalized spacial score (nSPS) is 10.3. The first-order valence-corrected chi connectivity index (χ1v) is 6.97. The number of nitrogens with one attached hydrogen (secondary N) is 1. The van der Waals surface area contributed by atoms with Crippen LogP contribution in [0.1, 0.15) is 9.67 Å². The Morgan fingerprint density at radius 3 is 2.76 bits per heavy atom. The topological polar surface area (TPSA) is 73.6 Å². The average molecular weight is 276 g/mol. The molecule has 0 aromatic carbocycles. The van der Waals surface area contributed by atoms with Crippen molar-refractivity contribution in [2.45, 2.75) is 4.90 Å². The maximum atomic E-state index is 11.5. The van der Waals surface area contributed by atoms with Crippen molar-refractivity contribution in [3.63, 3.8) is 0 Å². The van der Waals surface area contributed by atoms with E-state index >= 15 is 0 Å². The average Bonchev–Trinajstić information content (AvgIpc) is 2.65. The van der Waals surface area contributed by atoms with Gasteiger partial charge in [-0.15, -0.1) is 23.1 Å². The van der Waals surface area contributed by atoms with Gasteiger partial charge in [0.2, 0.25) is 0 Å². The molecule has 0 radical (unpaired) electrons. The van der Waals surface area contributed by atoms with Crippen LogP contribution in [0, 0.1) is 0 Å². The van der Waals surface area contributed by atoms with Crippen molar-refractivity contribution in [1.29, 1.82) is 0 Å². The minimum Gasteiger partial charge on any atom is -0.465 e. The monoisotopic (exact) mass is 276 g/mol. The van der Waals surface area contributed by atoms with E-state index in [4.69, 9.17) is 10.5 Å². The number of carbonyl (C=O) groups excluding carboxylic acids is 1. The standard InChI is InChI=1S/C10H16N2O3S2/c1-14-5-4-12-9-7(16-3)6(11)8(17-9)10(13)15-2/h12H,4-5,11H2,1-3H3. The molecular formula is C10H16N2O3S2. The largest absolute Gasteiger partial charge is 0.465 e. The molecule has 0 fully saturated rings. The predicted molar refractivity (Wildman–Crippen MR) is 72.2 cm³/mol. The molecule has 1 aromatic rings. The molecule has 0 atom stereocenters. The van der Waals surface area contributed by atoms with Crippen LogP contribution in [0.5, 0.6) is 0 Å². The van der Waals surface area contributed by atoms with Crippen molar-refractivity contribution in [2.75, 3.05) is 44.7 Å². The number of nitrogen functional groups attached to an aromatic ring is 1. The van der Waals surface area contributed by atoms with Crippen LogP contribution in [0.25, 0.3) is 0 Å². The molecule has 0 aliphatic carbocycles. The van der Waals surface area contributed by atoms with E-state index in [1.807, 2.05) is 6.26 Å². The third kappa shape index (κ3) is 3.27. The molecule has 0 spiro atoms. The smallest absolute Gasteiger partial charge is 0.350 e. The van der Waals surface area contributed by atoms with E-state index in [1.165, 1.54) is 30.2 Å². The van der Waals surface area contributed by atoms with Crippen molar-refractivity contribution in [1.82, 2.24) is 0 Å². The summed E-state index contributed by atoms with van der Waals surface area (Å²) in [7, 11) is 2.98. The number of nitrogens with two attached hydrogens (primary N) is 1. The van der Waals surface area contributed by atoms with Crippen LogP contribution < -0.4 is 11.1 Å². The minimum atomic E-state index is -0.400. The summed E-state index contributed by atoms with van der Waals surface area (Å²) >= 11 is 2.81. The summed E-state index contributed by atoms with van der Waals surface area (Å²) < 4.78 is 9.64. The Balaban J connectivity index is 2.92. The van der Waals surface area contributed by atoms with Gasteiger partial charge in [-0.05, 0) is 6.26 Å². The molecule has 1 rings (SSSR count). The first kappa shape index (κ1) is 14.1. The Labute approximate surface area is 109 Å². The Morgan fingerprint density at radius 2 is 2.24 bits per heavy atom. The van der Waals surface area contributed by atoms with Gasteiger partial charge in [0, 0.05) is 13.7 Å². The lowest BCUT2D eigenvalue weighted by Crippen LogP contribution is -2.06. The maximum absolute atomic E-state index is 11.5. The second-order valence-electron chi connectivity index (χ2n) is 3.12. The second kappa shape index (κ2) is 6.73. The van der Waals surface area contributed by atoms with E-state index in [0.717, 1.165) is 9.90 Å². The Bertz CT molecular complexity index is 393. The van der Waals surface area contributed by atoms with E-state index in [2.05, 4.69) is 10.1 Å². The SMILES string of the molecule is COCCNc1sc(C(=O)OC)c(N)c1SC. The van der Waals surface area contributed by atoms with Gasteiger partial charge in [0.05, 0.1) is 24.3 Å². The van der Waals surface area contributed by atoms with E-state index in [9.17, 15) is 4.79 Å². The molecule has 0 saturated carbocycles. The highest BCUT2D eigenvalue weighted by atomic mass is 32.2. The number of anilines is 2. The summed E-state index contributed by atoms with van der Waals surface area (Å²) in [4.78, 5) is 12.8. The van der Waals surface area contributed by atoms with Crippen molar-refractivity contribution in [3.8, 4) is 0 Å². The summed E-state index contributed by atoms with van der Waals surface area (Å²) in [5.41, 5.74) is 6.39. The fourth-order valence-electron chi connectivity index (χ4n) is 1.26. The molecule has 0 saturated heterocycles. The Kier molecular flexibility index (Phi) is 5.60. The molecule has 1 aromatic heterocycles. The van der Waals surface area contributed by atoms with E-state index < -0.39 is 5.97 Å². The molecule has 0 amide bonds. The molecule has 5 nitrogen and oxygen atoms in total. The van der Waals surface area contributed by atoms with Crippen LogP contribution in [0.3, 0.4) is 0 Å². The fourth-order valence-corrected chi connectivity index (χ4v) is 3.24. The molecule has 96 valence electrons. The zero-order valence-corrected chi connectivity index (χ0v) is 11.7. The number of esters is 1. The lowest BCUT2D eigenvalue weighted by atomic mass is 10.4. The first-order chi connectivity index (χ1) is 8.15. The molecule has 0 aliphatic heterocycles. The first-order valence-electron chi connectivity index (χ1n) is 4.93. The number of hydrogen-bond donors (Lipinski definition) is 2. The van der Waals surface area contributed by atoms with Crippen LogP contribution in [-0.4, -0.2) is 39.6 Å². The van der Waals surface area contributed by atoms with Crippen LogP contribution in [0.4, 0.5) is 10.7 Å². The zero-order valence-electron chi connectivity index (χ0n) is 10.0. The summed E-state index contributed by atoms with van der Waals surface area (Å²) in [5.74, 6) is -0.400. The summed E-state index contributed by atoms with van der Waals surface area (Å²) in [6.45, 7) is 1.27. The number of carbonyl (C=O) groups is 1. The molecule has 7 heteroatoms. The number of rotatable bonds is 6. The van der Waals surface area contributed by atoms with Gasteiger partial charge in [0.15, 0.2) is 0 Å². The highest BCUT2D eigenvalue weighted by molar-refractivity contribution is 7.99. The zero-order chi connectivity index (χ0) is 12.8. The number of thioether (sulfide) groups is 1. The molecule has 0 bridgehead atoms. The molecule has 0 aliphatic rings. The second-order valence-corrected chi connectivity index (χ2v) is 4.96. The number of hydrogen-bond acceptors (Lipinski definition) is 7. The van der Waals surface area contributed by atoms with Gasteiger partial charge in [-0.3, -0.25) is 0 Å². The van der Waals surface area contributed by atoms with Crippen molar-refractivity contribution in [2.24, 2.45) is 0 Å². The van der Waals surface area contributed by atoms with E-state index in [1.54, 1.807) is 7.11 Å². The Morgan fingerprint density at radius 1 is 1.53 bits per heavy atom. The highest BCUT2D eigenvalue weighted by Crippen LogP contribution is 2.41. The molecular weight excluding hydrogens is 260 g/mol. The summed E-state index contributed by atoms with van der Waals surface area (Å²) in [5, 5.41) is 4.07. The van der Waals surface area contributed by atoms with Crippen molar-refractivity contribution >= 4 is 39.8 Å². The van der Waals surface area contributed by atoms with Crippen molar-refractivity contribution in [3.05, 3.63) is 4.88 Å². The van der Waals surface area contributed by atoms with Crippen LogP contribution in [0.15, 0.2) is 4.90 Å². The van der Waals surface area contributed by atoms with Gasteiger partial charge in [-0.2, -0.15) is 0 Å². The van der Waals surface area contributed by atoms with E-state index in [-0.39, 0.29) is 0 Å². The molecule has 17 heavy (non-hydrogen) atoms. The van der Waals surface area contributed by atoms with Crippen molar-refractivity contribution < 1.29 is 14.3 Å². The minimum absolute atomic E-state index is 0.400. The lowest BCUT2D eigenvalue weighted by molar-refractivity contribution is 0.0607. The Hall–Kier alpha value is -0.920. The third-order valence-electron chi connectivity index (χ3n) is 2.07. The molecule has 0 unspecified atom stereocenters. The van der Waals surface area contributed by atoms with Gasteiger partial charge >= 0.3 is 5.97 Å². The van der Waals surface area contributed by atoms with Gasteiger partial charge in [0.25, 0.3) is 0 Å². The number of methoxy groups -OCH3 is 2. The lowest BCUT2D eigenvalue weighted by Gasteiger charge is -2.04. The van der Waals surface area contributed by atoms with E-state index in [0.29, 0.717) is 23.7 Å². The summed E-state index contributed by atoms with van der Waals surface area (Å²) in [6, 6.07) is 0. The molecule has 3 N–H and O–H groups in total. The van der Waals surface area contributed by atoms with Gasteiger partial charge in [0.1, 0.15) is 9.88 Å².